The molecular formula is C9H10BrN5OS. The van der Waals surface area contributed by atoms with E-state index >= 15 is 0 Å². The smallest absolute Gasteiger partial charge is 0.244 e. The summed E-state index contributed by atoms with van der Waals surface area (Å²) in [5, 5.41) is 12.6. The molecule has 0 aliphatic heterocycles. The summed E-state index contributed by atoms with van der Waals surface area (Å²) in [7, 11) is 1.76. The number of nitrogens with zero attached hydrogens (tertiary/aromatic N) is 5. The van der Waals surface area contributed by atoms with Gasteiger partial charge in [-0.1, -0.05) is 0 Å². The fourth-order valence-electron chi connectivity index (χ4n) is 1.27. The van der Waals surface area contributed by atoms with Crippen molar-refractivity contribution < 1.29 is 4.79 Å². The highest BCUT2D eigenvalue weighted by Crippen LogP contribution is 2.20. The van der Waals surface area contributed by atoms with Crippen molar-refractivity contribution in [2.45, 2.75) is 13.1 Å². The summed E-state index contributed by atoms with van der Waals surface area (Å²) in [5.74, 6) is -0.0261. The van der Waals surface area contributed by atoms with Gasteiger partial charge in [0.25, 0.3) is 0 Å². The van der Waals surface area contributed by atoms with E-state index in [1.807, 2.05) is 11.4 Å². The molecule has 0 N–H and O–H groups in total. The van der Waals surface area contributed by atoms with Crippen LogP contribution in [0.1, 0.15) is 4.88 Å². The Hall–Kier alpha value is -1.28. The van der Waals surface area contributed by atoms with Crippen molar-refractivity contribution in [3.63, 3.8) is 0 Å². The molecule has 0 aliphatic rings. The Morgan fingerprint density at radius 2 is 2.47 bits per heavy atom. The fraction of sp³-hybridized carbons (Fsp3) is 0.333. The van der Waals surface area contributed by atoms with Gasteiger partial charge in [0.2, 0.25) is 5.91 Å². The number of carbonyl (C=O) groups is 1. The number of hydrogen-bond donors (Lipinski definition) is 0. The van der Waals surface area contributed by atoms with Crippen molar-refractivity contribution >= 4 is 33.2 Å². The molecule has 0 saturated heterocycles. The van der Waals surface area contributed by atoms with Gasteiger partial charge in [0.15, 0.2) is 0 Å². The normalized spacial score (nSPS) is 10.5. The number of rotatable bonds is 4. The number of hydrogen-bond acceptors (Lipinski definition) is 5. The van der Waals surface area contributed by atoms with Crippen LogP contribution in [0.15, 0.2) is 22.2 Å². The van der Waals surface area contributed by atoms with E-state index in [1.165, 1.54) is 11.0 Å². The van der Waals surface area contributed by atoms with E-state index in [4.69, 9.17) is 0 Å². The van der Waals surface area contributed by atoms with Crippen LogP contribution in [0, 0.1) is 0 Å². The Morgan fingerprint density at radius 3 is 3.06 bits per heavy atom. The number of thiophene rings is 1. The highest BCUT2D eigenvalue weighted by atomic mass is 79.9. The number of aromatic nitrogens is 4. The first-order valence-electron chi connectivity index (χ1n) is 4.83. The highest BCUT2D eigenvalue weighted by molar-refractivity contribution is 9.10. The SMILES string of the molecule is CN(Cc1cc(Br)cs1)C(=O)Cn1cnnn1. The van der Waals surface area contributed by atoms with Crippen LogP contribution in [0.4, 0.5) is 0 Å². The minimum Gasteiger partial charge on any atom is -0.339 e. The Labute approximate surface area is 110 Å². The molecule has 0 spiro atoms. The van der Waals surface area contributed by atoms with E-state index in [-0.39, 0.29) is 12.5 Å². The molecule has 0 atom stereocenters. The number of halogens is 1. The maximum absolute atomic E-state index is 11.8. The molecule has 2 rings (SSSR count). The quantitative estimate of drug-likeness (QED) is 0.849. The lowest BCUT2D eigenvalue weighted by Crippen LogP contribution is -2.29. The third kappa shape index (κ3) is 3.34. The summed E-state index contributed by atoms with van der Waals surface area (Å²) in [6, 6.07) is 2.01. The Balaban J connectivity index is 1.91. The molecule has 17 heavy (non-hydrogen) atoms. The molecule has 8 heteroatoms. The zero-order valence-corrected chi connectivity index (χ0v) is 11.5. The lowest BCUT2D eigenvalue weighted by atomic mass is 10.4. The summed E-state index contributed by atoms with van der Waals surface area (Å²) in [5.41, 5.74) is 0. The number of carbonyl (C=O) groups excluding carboxylic acids is 1. The minimum absolute atomic E-state index is 0.0261. The molecule has 0 fully saturated rings. The summed E-state index contributed by atoms with van der Waals surface area (Å²) >= 11 is 5.00. The van der Waals surface area contributed by atoms with Gasteiger partial charge in [0.1, 0.15) is 12.9 Å². The molecule has 0 aliphatic carbocycles. The molecule has 0 radical (unpaired) electrons. The second-order valence-corrected chi connectivity index (χ2v) is 5.40. The molecule has 0 saturated carbocycles. The van der Waals surface area contributed by atoms with Gasteiger partial charge >= 0.3 is 0 Å². The molecule has 1 amide bonds. The van der Waals surface area contributed by atoms with Gasteiger partial charge < -0.3 is 4.90 Å². The van der Waals surface area contributed by atoms with Gasteiger partial charge in [-0.25, -0.2) is 4.68 Å². The van der Waals surface area contributed by atoms with Crippen LogP contribution in [0.3, 0.4) is 0 Å². The zero-order valence-electron chi connectivity index (χ0n) is 9.08. The van der Waals surface area contributed by atoms with Crippen molar-refractivity contribution in [2.24, 2.45) is 0 Å². The zero-order chi connectivity index (χ0) is 12.3. The molecule has 2 aromatic rings. The fourth-order valence-corrected chi connectivity index (χ4v) is 2.77. The van der Waals surface area contributed by atoms with Crippen LogP contribution in [0.5, 0.6) is 0 Å². The standard InChI is InChI=1S/C9H10BrN5OS/c1-14(3-8-2-7(10)5-17-8)9(16)4-15-6-11-12-13-15/h2,5-6H,3-4H2,1H3. The second-order valence-electron chi connectivity index (χ2n) is 3.49. The van der Waals surface area contributed by atoms with Crippen molar-refractivity contribution in [2.75, 3.05) is 7.05 Å². The molecular weight excluding hydrogens is 306 g/mol. The average molecular weight is 316 g/mol. The van der Waals surface area contributed by atoms with Crippen LogP contribution in [-0.2, 0) is 17.9 Å². The topological polar surface area (TPSA) is 63.9 Å². The van der Waals surface area contributed by atoms with E-state index in [1.54, 1.807) is 23.3 Å². The summed E-state index contributed by atoms with van der Waals surface area (Å²) in [6.45, 7) is 0.757. The van der Waals surface area contributed by atoms with E-state index < -0.39 is 0 Å². The maximum atomic E-state index is 11.8. The first-order valence-corrected chi connectivity index (χ1v) is 6.50. The van der Waals surface area contributed by atoms with E-state index in [2.05, 4.69) is 31.5 Å². The van der Waals surface area contributed by atoms with Gasteiger partial charge in [0.05, 0.1) is 6.54 Å². The number of amides is 1. The van der Waals surface area contributed by atoms with Crippen LogP contribution in [-0.4, -0.2) is 38.1 Å². The van der Waals surface area contributed by atoms with Crippen molar-refractivity contribution in [1.82, 2.24) is 25.1 Å². The molecule has 2 heterocycles. The summed E-state index contributed by atoms with van der Waals surface area (Å²) in [6.07, 6.45) is 1.42. The minimum atomic E-state index is -0.0261. The van der Waals surface area contributed by atoms with Gasteiger partial charge in [-0.15, -0.1) is 16.4 Å². The number of likely N-dealkylation sites (N-methyl/N-ethyl adjacent to an activating group) is 1. The predicted octanol–water partition coefficient (Wildman–Crippen LogP) is 1.16. The van der Waals surface area contributed by atoms with E-state index in [9.17, 15) is 4.79 Å². The van der Waals surface area contributed by atoms with Crippen LogP contribution >= 0.6 is 27.3 Å². The molecule has 0 aromatic carbocycles. The van der Waals surface area contributed by atoms with Gasteiger partial charge in [-0.3, -0.25) is 4.79 Å². The first kappa shape index (κ1) is 12.2. The Bertz CT molecular complexity index is 497. The van der Waals surface area contributed by atoms with E-state index in [0.717, 1.165) is 9.35 Å². The largest absolute Gasteiger partial charge is 0.339 e. The lowest BCUT2D eigenvalue weighted by molar-refractivity contribution is -0.131. The monoisotopic (exact) mass is 315 g/mol. The van der Waals surface area contributed by atoms with E-state index in [0.29, 0.717) is 6.54 Å². The molecule has 0 bridgehead atoms. The van der Waals surface area contributed by atoms with Crippen LogP contribution < -0.4 is 0 Å². The number of tetrazole rings is 1. The molecule has 2 aromatic heterocycles. The lowest BCUT2D eigenvalue weighted by Gasteiger charge is -2.15. The predicted molar refractivity (Wildman–Crippen MR) is 66.3 cm³/mol. The second kappa shape index (κ2) is 5.37. The maximum Gasteiger partial charge on any atom is 0.244 e. The summed E-state index contributed by atoms with van der Waals surface area (Å²) in [4.78, 5) is 14.6. The highest BCUT2D eigenvalue weighted by Gasteiger charge is 2.11. The van der Waals surface area contributed by atoms with Gasteiger partial charge in [-0.2, -0.15) is 0 Å². The molecule has 0 unspecified atom stereocenters. The Kier molecular flexibility index (Phi) is 3.85. The average Bonchev–Trinajstić information content (AvgIpc) is 2.90. The third-order valence-corrected chi connectivity index (χ3v) is 3.81. The third-order valence-electron chi connectivity index (χ3n) is 2.13. The van der Waals surface area contributed by atoms with Crippen molar-refractivity contribution in [1.29, 1.82) is 0 Å². The molecule has 90 valence electrons. The van der Waals surface area contributed by atoms with Gasteiger partial charge in [-0.05, 0) is 32.4 Å². The molecule has 6 nitrogen and oxygen atoms in total. The van der Waals surface area contributed by atoms with Gasteiger partial charge in [0, 0.05) is 21.8 Å². The Morgan fingerprint density at radius 1 is 1.65 bits per heavy atom. The van der Waals surface area contributed by atoms with Crippen molar-refractivity contribution in [3.8, 4) is 0 Å². The van der Waals surface area contributed by atoms with Crippen LogP contribution in [0.2, 0.25) is 0 Å². The summed E-state index contributed by atoms with van der Waals surface area (Å²) < 4.78 is 2.45. The van der Waals surface area contributed by atoms with Crippen molar-refractivity contribution in [3.05, 3.63) is 27.1 Å². The first-order chi connectivity index (χ1) is 8.15. The van der Waals surface area contributed by atoms with Crippen LogP contribution in [0.25, 0.3) is 0 Å².